The average Bonchev–Trinajstić information content (AvgIpc) is 2.76. The Hall–Kier alpha value is -2.13. The fourth-order valence-corrected chi connectivity index (χ4v) is 3.56. The Labute approximate surface area is 133 Å². The van der Waals surface area contributed by atoms with Crippen LogP contribution in [0.2, 0.25) is 0 Å². The van der Waals surface area contributed by atoms with Crippen molar-refractivity contribution < 1.29 is 14.3 Å². The Kier molecular flexibility index (Phi) is 5.34. The number of rotatable bonds is 4. The van der Waals surface area contributed by atoms with Crippen molar-refractivity contribution in [3.05, 3.63) is 32.7 Å². The summed E-state index contributed by atoms with van der Waals surface area (Å²) in [6, 6.07) is 3.60. The lowest BCUT2D eigenvalue weighted by atomic mass is 10.1. The Balaban J connectivity index is 2.00. The third-order valence-electron chi connectivity index (χ3n) is 3.57. The standard InChI is InChI=1S/C16H18N2O3S/c1-10(18)12(8-17)13(19)9-21-16(20)15-7-11-5-3-2-4-6-14(11)22-15/h7H,2-6,9,18H2,1H3/b12-10-. The highest BCUT2D eigenvalue weighted by molar-refractivity contribution is 7.14. The normalized spacial score (nSPS) is 15.1. The molecule has 2 rings (SSSR count). The SMILES string of the molecule is C/C(N)=C(\C#N)C(=O)COC(=O)c1cc2c(s1)CCCCC2. The minimum Gasteiger partial charge on any atom is -0.453 e. The highest BCUT2D eigenvalue weighted by atomic mass is 32.1. The van der Waals surface area contributed by atoms with Gasteiger partial charge in [0, 0.05) is 10.6 Å². The van der Waals surface area contributed by atoms with Crippen LogP contribution in [-0.4, -0.2) is 18.4 Å². The lowest BCUT2D eigenvalue weighted by molar-refractivity contribution is -0.118. The number of ether oxygens (including phenoxy) is 1. The third-order valence-corrected chi connectivity index (χ3v) is 4.78. The summed E-state index contributed by atoms with van der Waals surface area (Å²) in [6.45, 7) is 1.01. The molecule has 1 aliphatic carbocycles. The van der Waals surface area contributed by atoms with E-state index in [9.17, 15) is 9.59 Å². The van der Waals surface area contributed by atoms with Gasteiger partial charge in [-0.15, -0.1) is 11.3 Å². The number of nitrogens with two attached hydrogens (primary N) is 1. The van der Waals surface area contributed by atoms with Crippen LogP contribution in [0, 0.1) is 11.3 Å². The first kappa shape index (κ1) is 16.2. The Morgan fingerprint density at radius 3 is 2.77 bits per heavy atom. The monoisotopic (exact) mass is 318 g/mol. The summed E-state index contributed by atoms with van der Waals surface area (Å²) in [5, 5.41) is 8.84. The lowest BCUT2D eigenvalue weighted by Gasteiger charge is -2.03. The number of esters is 1. The molecule has 0 amide bonds. The number of carbonyl (C=O) groups is 2. The van der Waals surface area contributed by atoms with E-state index in [0.29, 0.717) is 4.88 Å². The van der Waals surface area contributed by atoms with Crippen LogP contribution in [0.3, 0.4) is 0 Å². The van der Waals surface area contributed by atoms with Crippen LogP contribution < -0.4 is 5.73 Å². The molecule has 1 aliphatic rings. The van der Waals surface area contributed by atoms with Crippen LogP contribution in [0.25, 0.3) is 0 Å². The van der Waals surface area contributed by atoms with E-state index in [1.54, 1.807) is 6.07 Å². The molecule has 6 heteroatoms. The van der Waals surface area contributed by atoms with Crippen molar-refractivity contribution in [2.75, 3.05) is 6.61 Å². The van der Waals surface area contributed by atoms with Gasteiger partial charge in [-0.2, -0.15) is 5.26 Å². The van der Waals surface area contributed by atoms with Crippen molar-refractivity contribution in [1.82, 2.24) is 0 Å². The zero-order valence-electron chi connectivity index (χ0n) is 12.5. The average molecular weight is 318 g/mol. The molecule has 1 aromatic heterocycles. The van der Waals surface area contributed by atoms with Gasteiger partial charge in [-0.05, 0) is 44.2 Å². The van der Waals surface area contributed by atoms with Gasteiger partial charge in [0.25, 0.3) is 0 Å². The second-order valence-electron chi connectivity index (χ2n) is 5.29. The summed E-state index contributed by atoms with van der Waals surface area (Å²) in [5.74, 6) is -1.09. The summed E-state index contributed by atoms with van der Waals surface area (Å²) in [6.07, 6.45) is 5.50. The van der Waals surface area contributed by atoms with Gasteiger partial charge >= 0.3 is 5.97 Å². The molecule has 0 unspecified atom stereocenters. The Bertz CT molecular complexity index is 640. The number of Topliss-reactive ketones (excluding diaryl/α,β-unsaturated/α-hetero) is 1. The van der Waals surface area contributed by atoms with Gasteiger partial charge in [0.1, 0.15) is 16.5 Å². The Morgan fingerprint density at radius 2 is 2.09 bits per heavy atom. The van der Waals surface area contributed by atoms with Gasteiger partial charge in [-0.25, -0.2) is 4.79 Å². The van der Waals surface area contributed by atoms with E-state index in [4.69, 9.17) is 15.7 Å². The van der Waals surface area contributed by atoms with E-state index in [0.717, 1.165) is 25.7 Å². The van der Waals surface area contributed by atoms with Crippen LogP contribution in [0.1, 0.15) is 46.3 Å². The molecule has 0 aromatic carbocycles. The molecule has 1 heterocycles. The molecule has 2 N–H and O–H groups in total. The molecule has 0 aliphatic heterocycles. The molecule has 0 atom stereocenters. The number of allylic oxidation sites excluding steroid dienone is 1. The van der Waals surface area contributed by atoms with Gasteiger partial charge in [0.05, 0.1) is 0 Å². The van der Waals surface area contributed by atoms with Crippen molar-refractivity contribution in [2.24, 2.45) is 5.73 Å². The number of nitriles is 1. The quantitative estimate of drug-likeness (QED) is 0.398. The largest absolute Gasteiger partial charge is 0.453 e. The molecule has 116 valence electrons. The van der Waals surface area contributed by atoms with Crippen molar-refractivity contribution in [3.8, 4) is 6.07 Å². The van der Waals surface area contributed by atoms with E-state index in [1.807, 2.05) is 6.07 Å². The summed E-state index contributed by atoms with van der Waals surface area (Å²) < 4.78 is 5.01. The maximum Gasteiger partial charge on any atom is 0.348 e. The predicted octanol–water partition coefficient (Wildman–Crippen LogP) is 2.50. The van der Waals surface area contributed by atoms with E-state index in [1.165, 1.54) is 35.1 Å². The minimum absolute atomic E-state index is 0.131. The van der Waals surface area contributed by atoms with Gasteiger partial charge in [0.2, 0.25) is 5.78 Å². The smallest absolute Gasteiger partial charge is 0.348 e. The van der Waals surface area contributed by atoms with Crippen LogP contribution in [0.15, 0.2) is 17.3 Å². The first-order chi connectivity index (χ1) is 10.5. The van der Waals surface area contributed by atoms with E-state index >= 15 is 0 Å². The third kappa shape index (κ3) is 3.74. The molecular formula is C16H18N2O3S. The first-order valence-electron chi connectivity index (χ1n) is 7.21. The summed E-state index contributed by atoms with van der Waals surface area (Å²) in [7, 11) is 0. The number of hydrogen-bond acceptors (Lipinski definition) is 6. The maximum atomic E-state index is 12.0. The number of fused-ring (bicyclic) bond motifs is 1. The summed E-state index contributed by atoms with van der Waals surface area (Å²) in [5.41, 5.74) is 6.64. The maximum absolute atomic E-state index is 12.0. The van der Waals surface area contributed by atoms with Crippen LogP contribution >= 0.6 is 11.3 Å². The van der Waals surface area contributed by atoms with E-state index in [-0.39, 0.29) is 11.3 Å². The molecule has 1 aromatic rings. The van der Waals surface area contributed by atoms with Crippen molar-refractivity contribution in [1.29, 1.82) is 5.26 Å². The summed E-state index contributed by atoms with van der Waals surface area (Å²) in [4.78, 5) is 25.6. The zero-order chi connectivity index (χ0) is 16.1. The lowest BCUT2D eigenvalue weighted by Crippen LogP contribution is -2.17. The second-order valence-corrected chi connectivity index (χ2v) is 6.43. The number of thiophene rings is 1. The number of carbonyl (C=O) groups excluding carboxylic acids is 2. The second kappa shape index (κ2) is 7.23. The fraction of sp³-hybridized carbons (Fsp3) is 0.438. The van der Waals surface area contributed by atoms with Crippen molar-refractivity contribution in [2.45, 2.75) is 39.0 Å². The van der Waals surface area contributed by atoms with Gasteiger partial charge in [-0.1, -0.05) is 6.42 Å². The number of hydrogen-bond donors (Lipinski definition) is 1. The fourth-order valence-electron chi connectivity index (χ4n) is 2.41. The molecule has 0 saturated heterocycles. The molecular weight excluding hydrogens is 300 g/mol. The number of aryl methyl sites for hydroxylation is 2. The van der Waals surface area contributed by atoms with Gasteiger partial charge in [-0.3, -0.25) is 4.79 Å². The van der Waals surface area contributed by atoms with E-state index < -0.39 is 18.4 Å². The van der Waals surface area contributed by atoms with Crippen LogP contribution in [0.5, 0.6) is 0 Å². The molecule has 0 fully saturated rings. The predicted molar refractivity (Wildman–Crippen MR) is 83.4 cm³/mol. The van der Waals surface area contributed by atoms with Gasteiger partial charge < -0.3 is 10.5 Å². The van der Waals surface area contributed by atoms with Gasteiger partial charge in [0.15, 0.2) is 6.61 Å². The highest BCUT2D eigenvalue weighted by Gasteiger charge is 2.19. The topological polar surface area (TPSA) is 93.2 Å². The minimum atomic E-state index is -0.575. The Morgan fingerprint density at radius 1 is 1.36 bits per heavy atom. The van der Waals surface area contributed by atoms with Crippen LogP contribution in [-0.2, 0) is 22.4 Å². The van der Waals surface area contributed by atoms with E-state index in [2.05, 4.69) is 0 Å². The summed E-state index contributed by atoms with van der Waals surface area (Å²) >= 11 is 1.44. The van der Waals surface area contributed by atoms with Crippen LogP contribution in [0.4, 0.5) is 0 Å². The molecule has 5 nitrogen and oxygen atoms in total. The first-order valence-corrected chi connectivity index (χ1v) is 8.03. The number of ketones is 1. The molecule has 0 spiro atoms. The molecule has 0 radical (unpaired) electrons. The highest BCUT2D eigenvalue weighted by Crippen LogP contribution is 2.29. The molecule has 0 bridgehead atoms. The van der Waals surface area contributed by atoms with Crippen molar-refractivity contribution in [3.63, 3.8) is 0 Å². The molecule has 0 saturated carbocycles. The zero-order valence-corrected chi connectivity index (χ0v) is 13.3. The van der Waals surface area contributed by atoms with Crippen molar-refractivity contribution >= 4 is 23.1 Å². The molecule has 22 heavy (non-hydrogen) atoms. The number of nitrogens with zero attached hydrogens (tertiary/aromatic N) is 1.